The first-order valence-electron chi connectivity index (χ1n) is 5.32. The second-order valence-electron chi connectivity index (χ2n) is 5.02. The van der Waals surface area contributed by atoms with Crippen LogP contribution in [0.1, 0.15) is 36.8 Å². The fourth-order valence-corrected chi connectivity index (χ4v) is 1.80. The summed E-state index contributed by atoms with van der Waals surface area (Å²) in [6, 6.07) is 3.18. The molecule has 3 N–H and O–H groups in total. The third-order valence-corrected chi connectivity index (χ3v) is 2.63. The van der Waals surface area contributed by atoms with Gasteiger partial charge in [0.25, 0.3) is 0 Å². The van der Waals surface area contributed by atoms with Gasteiger partial charge in [0, 0.05) is 11.6 Å². The van der Waals surface area contributed by atoms with Crippen molar-refractivity contribution in [2.75, 3.05) is 5.73 Å². The number of imidazole rings is 1. The number of nitrogens with zero attached hydrogens (tertiary/aromatic N) is 2. The topological polar surface area (TPSA) is 80.6 Å². The molecule has 0 bridgehead atoms. The van der Waals surface area contributed by atoms with Crippen LogP contribution >= 0.6 is 0 Å². The minimum absolute atomic E-state index is 0.162. The molecule has 0 fully saturated rings. The molecule has 0 unspecified atom stereocenters. The number of aromatic nitrogens is 2. The van der Waals surface area contributed by atoms with Gasteiger partial charge in [-0.2, -0.15) is 0 Å². The van der Waals surface area contributed by atoms with Gasteiger partial charge in [-0.1, -0.05) is 20.8 Å². The predicted molar refractivity (Wildman–Crippen MR) is 65.3 cm³/mol. The summed E-state index contributed by atoms with van der Waals surface area (Å²) in [5.41, 5.74) is 7.05. The first-order valence-corrected chi connectivity index (χ1v) is 5.32. The van der Waals surface area contributed by atoms with Gasteiger partial charge >= 0.3 is 5.97 Å². The summed E-state index contributed by atoms with van der Waals surface area (Å²) in [5.74, 6) is -0.503. The van der Waals surface area contributed by atoms with Crippen molar-refractivity contribution in [2.24, 2.45) is 0 Å². The smallest absolute Gasteiger partial charge is 0.339 e. The molecule has 0 radical (unpaired) electrons. The Morgan fingerprint density at radius 3 is 2.65 bits per heavy atom. The molecular formula is C12H15N3O2. The van der Waals surface area contributed by atoms with E-state index in [-0.39, 0.29) is 11.0 Å². The van der Waals surface area contributed by atoms with Crippen LogP contribution in [0.2, 0.25) is 0 Å². The molecule has 0 saturated heterocycles. The number of anilines is 1. The van der Waals surface area contributed by atoms with Crippen LogP contribution < -0.4 is 5.73 Å². The minimum atomic E-state index is -0.999. The molecule has 90 valence electrons. The van der Waals surface area contributed by atoms with Gasteiger partial charge < -0.3 is 10.8 Å². The number of rotatable bonds is 1. The fraction of sp³-hybridized carbons (Fsp3) is 0.333. The van der Waals surface area contributed by atoms with Gasteiger partial charge in [0.1, 0.15) is 11.4 Å². The Hall–Kier alpha value is -2.04. The number of nitrogens with two attached hydrogens (primary N) is 1. The SMILES string of the molecule is CC(C)(C)c1nc2c(C(=O)O)cccn2c1N. The maximum absolute atomic E-state index is 11.1. The molecule has 17 heavy (non-hydrogen) atoms. The van der Waals surface area contributed by atoms with Crippen molar-refractivity contribution >= 4 is 17.4 Å². The van der Waals surface area contributed by atoms with Crippen LogP contribution in [0.5, 0.6) is 0 Å². The number of fused-ring (bicyclic) bond motifs is 1. The quantitative estimate of drug-likeness (QED) is 0.788. The molecule has 2 aromatic rings. The lowest BCUT2D eigenvalue weighted by Gasteiger charge is -2.15. The van der Waals surface area contributed by atoms with E-state index in [0.29, 0.717) is 17.2 Å². The molecule has 0 aliphatic heterocycles. The molecule has 2 heterocycles. The summed E-state index contributed by atoms with van der Waals surface area (Å²) in [6.45, 7) is 5.97. The first-order chi connectivity index (χ1) is 7.82. The van der Waals surface area contributed by atoms with E-state index in [1.165, 1.54) is 6.07 Å². The standard InChI is InChI=1S/C12H15N3O2/c1-12(2,3)8-9(13)15-6-4-5-7(11(16)17)10(15)14-8/h4-6H,13H2,1-3H3,(H,16,17). The lowest BCUT2D eigenvalue weighted by atomic mass is 9.92. The normalized spacial score (nSPS) is 11.9. The highest BCUT2D eigenvalue weighted by atomic mass is 16.4. The van der Waals surface area contributed by atoms with E-state index in [4.69, 9.17) is 10.8 Å². The second-order valence-corrected chi connectivity index (χ2v) is 5.02. The maximum Gasteiger partial charge on any atom is 0.339 e. The van der Waals surface area contributed by atoms with Gasteiger partial charge in [-0.05, 0) is 12.1 Å². The van der Waals surface area contributed by atoms with Gasteiger partial charge in [0.05, 0.1) is 5.69 Å². The van der Waals surface area contributed by atoms with Crippen molar-refractivity contribution < 1.29 is 9.90 Å². The zero-order valence-corrected chi connectivity index (χ0v) is 10.1. The molecule has 5 heteroatoms. The predicted octanol–water partition coefficient (Wildman–Crippen LogP) is 1.91. The molecule has 2 aromatic heterocycles. The van der Waals surface area contributed by atoms with Gasteiger partial charge in [-0.15, -0.1) is 0 Å². The molecule has 2 rings (SSSR count). The van der Waals surface area contributed by atoms with E-state index in [1.807, 2.05) is 20.8 Å². The van der Waals surface area contributed by atoms with Crippen LogP contribution in [-0.2, 0) is 5.41 Å². The zero-order chi connectivity index (χ0) is 12.8. The van der Waals surface area contributed by atoms with E-state index in [0.717, 1.165) is 0 Å². The van der Waals surface area contributed by atoms with Gasteiger partial charge in [-0.25, -0.2) is 9.78 Å². The van der Waals surface area contributed by atoms with Crippen LogP contribution in [0.4, 0.5) is 5.82 Å². The van der Waals surface area contributed by atoms with Crippen LogP contribution in [0, 0.1) is 0 Å². The highest BCUT2D eigenvalue weighted by molar-refractivity contribution is 5.94. The number of hydrogen-bond donors (Lipinski definition) is 2. The van der Waals surface area contributed by atoms with E-state index >= 15 is 0 Å². The summed E-state index contributed by atoms with van der Waals surface area (Å²) in [6.07, 6.45) is 1.72. The summed E-state index contributed by atoms with van der Waals surface area (Å²) in [5, 5.41) is 9.09. The van der Waals surface area contributed by atoms with E-state index in [1.54, 1.807) is 16.7 Å². The Morgan fingerprint density at radius 2 is 2.12 bits per heavy atom. The van der Waals surface area contributed by atoms with Crippen molar-refractivity contribution in [3.63, 3.8) is 0 Å². The number of nitrogen functional groups attached to an aromatic ring is 1. The van der Waals surface area contributed by atoms with Gasteiger partial charge in [0.2, 0.25) is 0 Å². The Labute approximate surface area is 98.9 Å². The third-order valence-electron chi connectivity index (χ3n) is 2.63. The highest BCUT2D eigenvalue weighted by Gasteiger charge is 2.24. The Bertz CT molecular complexity index is 594. The molecule has 0 aliphatic carbocycles. The molecule has 0 spiro atoms. The molecule has 0 saturated carbocycles. The lowest BCUT2D eigenvalue weighted by molar-refractivity contribution is 0.0698. The van der Waals surface area contributed by atoms with E-state index in [2.05, 4.69) is 4.98 Å². The van der Waals surface area contributed by atoms with Crippen LogP contribution in [0.15, 0.2) is 18.3 Å². The van der Waals surface area contributed by atoms with Gasteiger partial charge in [0.15, 0.2) is 5.65 Å². The number of carboxylic acids is 1. The number of carboxylic acid groups (broad SMARTS) is 1. The molecule has 0 atom stereocenters. The molecule has 0 amide bonds. The first kappa shape index (κ1) is 11.4. The van der Waals surface area contributed by atoms with Crippen LogP contribution in [-0.4, -0.2) is 20.5 Å². The summed E-state index contributed by atoms with van der Waals surface area (Å²) in [4.78, 5) is 15.5. The molecule has 0 aliphatic rings. The number of pyridine rings is 1. The largest absolute Gasteiger partial charge is 0.478 e. The lowest BCUT2D eigenvalue weighted by Crippen LogP contribution is -2.14. The van der Waals surface area contributed by atoms with E-state index < -0.39 is 5.97 Å². The summed E-state index contributed by atoms with van der Waals surface area (Å²) in [7, 11) is 0. The number of aromatic carboxylic acids is 1. The fourth-order valence-electron chi connectivity index (χ4n) is 1.80. The molecular weight excluding hydrogens is 218 g/mol. The highest BCUT2D eigenvalue weighted by Crippen LogP contribution is 2.28. The second kappa shape index (κ2) is 3.48. The van der Waals surface area contributed by atoms with Gasteiger partial charge in [-0.3, -0.25) is 4.40 Å². The Morgan fingerprint density at radius 1 is 1.47 bits per heavy atom. The van der Waals surface area contributed by atoms with Crippen LogP contribution in [0.25, 0.3) is 5.65 Å². The Balaban J connectivity index is 2.82. The maximum atomic E-state index is 11.1. The van der Waals surface area contributed by atoms with Crippen molar-refractivity contribution in [3.05, 3.63) is 29.6 Å². The van der Waals surface area contributed by atoms with Crippen molar-refractivity contribution in [1.29, 1.82) is 0 Å². The third kappa shape index (κ3) is 1.73. The number of hydrogen-bond acceptors (Lipinski definition) is 3. The molecule has 5 nitrogen and oxygen atoms in total. The monoisotopic (exact) mass is 233 g/mol. The summed E-state index contributed by atoms with van der Waals surface area (Å²) < 4.78 is 1.62. The molecule has 0 aromatic carbocycles. The Kier molecular flexibility index (Phi) is 2.34. The average molecular weight is 233 g/mol. The van der Waals surface area contributed by atoms with Crippen LogP contribution in [0.3, 0.4) is 0 Å². The zero-order valence-electron chi connectivity index (χ0n) is 10.1. The van der Waals surface area contributed by atoms with Crippen molar-refractivity contribution in [2.45, 2.75) is 26.2 Å². The van der Waals surface area contributed by atoms with Crippen molar-refractivity contribution in [3.8, 4) is 0 Å². The van der Waals surface area contributed by atoms with Crippen molar-refractivity contribution in [1.82, 2.24) is 9.38 Å². The average Bonchev–Trinajstić information content (AvgIpc) is 2.55. The van der Waals surface area contributed by atoms with E-state index in [9.17, 15) is 4.79 Å². The summed E-state index contributed by atoms with van der Waals surface area (Å²) >= 11 is 0. The number of carbonyl (C=O) groups is 1. The minimum Gasteiger partial charge on any atom is -0.478 e.